The first kappa shape index (κ1) is 24.7. The first-order valence-electron chi connectivity index (χ1n) is 11.3. The van der Waals surface area contributed by atoms with E-state index in [1.165, 1.54) is 0 Å². The highest BCUT2D eigenvalue weighted by Gasteiger charge is 2.30. The average molecular weight is 584 g/mol. The van der Waals surface area contributed by atoms with E-state index in [-0.39, 0.29) is 31.9 Å². The summed E-state index contributed by atoms with van der Waals surface area (Å²) in [6, 6.07) is 22.6. The fourth-order valence-electron chi connectivity index (χ4n) is 4.23. The number of halogens is 1. The number of benzene rings is 3. The molecule has 0 radical (unpaired) electrons. The van der Waals surface area contributed by atoms with E-state index >= 15 is 0 Å². The van der Waals surface area contributed by atoms with Crippen molar-refractivity contribution in [1.29, 1.82) is 0 Å². The minimum Gasteiger partial charge on any atom is -0.481 e. The molecule has 3 N–H and O–H groups in total. The van der Waals surface area contributed by atoms with Crippen LogP contribution < -0.4 is 10.6 Å². The molecule has 8 heteroatoms. The predicted molar refractivity (Wildman–Crippen MR) is 140 cm³/mol. The molecule has 0 bridgehead atoms. The van der Waals surface area contributed by atoms with Crippen LogP contribution in [0.5, 0.6) is 0 Å². The molecular formula is C27H25IN2O5. The highest BCUT2D eigenvalue weighted by atomic mass is 127. The number of carbonyl (C=O) groups excluding carboxylic acids is 2. The van der Waals surface area contributed by atoms with Gasteiger partial charge in [0.25, 0.3) is 0 Å². The molecule has 0 unspecified atom stereocenters. The lowest BCUT2D eigenvalue weighted by Crippen LogP contribution is -2.47. The van der Waals surface area contributed by atoms with E-state index in [0.717, 1.165) is 31.4 Å². The van der Waals surface area contributed by atoms with E-state index in [1.807, 2.05) is 72.8 Å². The van der Waals surface area contributed by atoms with Crippen molar-refractivity contribution in [2.24, 2.45) is 0 Å². The first-order valence-corrected chi connectivity index (χ1v) is 12.4. The molecule has 4 rings (SSSR count). The van der Waals surface area contributed by atoms with Crippen molar-refractivity contribution in [2.45, 2.75) is 31.3 Å². The van der Waals surface area contributed by atoms with E-state index in [1.54, 1.807) is 0 Å². The second-order valence-electron chi connectivity index (χ2n) is 8.30. The number of carbonyl (C=O) groups is 3. The molecule has 0 spiro atoms. The first-order chi connectivity index (χ1) is 16.9. The number of carboxylic acids is 1. The van der Waals surface area contributed by atoms with Gasteiger partial charge in [-0.3, -0.25) is 9.59 Å². The maximum atomic E-state index is 12.7. The van der Waals surface area contributed by atoms with Gasteiger partial charge in [0.1, 0.15) is 12.6 Å². The molecule has 0 saturated carbocycles. The molecule has 1 atom stereocenters. The van der Waals surface area contributed by atoms with E-state index in [0.29, 0.717) is 0 Å². The van der Waals surface area contributed by atoms with Gasteiger partial charge in [0.2, 0.25) is 5.91 Å². The Hall–Kier alpha value is -3.40. The van der Waals surface area contributed by atoms with Gasteiger partial charge in [0.15, 0.2) is 0 Å². The molecular weight excluding hydrogens is 559 g/mol. The molecule has 1 aliphatic carbocycles. The zero-order valence-corrected chi connectivity index (χ0v) is 21.0. The number of nitrogens with one attached hydrogen (secondary N) is 2. The number of alkyl carbamates (subject to hydrolysis) is 1. The lowest BCUT2D eigenvalue weighted by molar-refractivity contribution is -0.137. The number of rotatable bonds is 9. The molecule has 35 heavy (non-hydrogen) atoms. The molecule has 0 aromatic heterocycles. The molecule has 0 fully saturated rings. The van der Waals surface area contributed by atoms with Gasteiger partial charge in [0, 0.05) is 22.5 Å². The molecule has 3 aromatic rings. The zero-order chi connectivity index (χ0) is 24.8. The van der Waals surface area contributed by atoms with Crippen LogP contribution >= 0.6 is 22.6 Å². The Labute approximate surface area is 217 Å². The fraction of sp³-hybridized carbons (Fsp3) is 0.222. The van der Waals surface area contributed by atoms with Gasteiger partial charge in [0.05, 0.1) is 0 Å². The summed E-state index contributed by atoms with van der Waals surface area (Å²) < 4.78 is 6.60. The van der Waals surface area contributed by atoms with Gasteiger partial charge in [-0.05, 0) is 69.0 Å². The summed E-state index contributed by atoms with van der Waals surface area (Å²) in [6.07, 6.45) is -1.06. The van der Waals surface area contributed by atoms with Crippen LogP contribution in [0.2, 0.25) is 0 Å². The second-order valence-corrected chi connectivity index (χ2v) is 9.54. The number of hydrogen-bond acceptors (Lipinski definition) is 4. The third kappa shape index (κ3) is 6.19. The summed E-state index contributed by atoms with van der Waals surface area (Å²) in [4.78, 5) is 36.5. The van der Waals surface area contributed by atoms with E-state index in [2.05, 4.69) is 33.2 Å². The Bertz CT molecular complexity index is 1180. The van der Waals surface area contributed by atoms with Gasteiger partial charge in [-0.1, -0.05) is 60.7 Å². The van der Waals surface area contributed by atoms with Crippen LogP contribution in [0.4, 0.5) is 4.79 Å². The van der Waals surface area contributed by atoms with Gasteiger partial charge in [-0.2, -0.15) is 0 Å². The van der Waals surface area contributed by atoms with Gasteiger partial charge >= 0.3 is 12.1 Å². The molecule has 7 nitrogen and oxygen atoms in total. The van der Waals surface area contributed by atoms with Crippen LogP contribution in [0.15, 0.2) is 72.8 Å². The SMILES string of the molecule is O=C(O)CC[C@H](NC(=O)OCC1c2ccccc2-c2ccccc21)C(=O)NCc1ccc(I)cc1. The van der Waals surface area contributed by atoms with Crippen molar-refractivity contribution >= 4 is 40.6 Å². The predicted octanol–water partition coefficient (Wildman–Crippen LogP) is 4.68. The second kappa shape index (κ2) is 11.4. The van der Waals surface area contributed by atoms with Crippen molar-refractivity contribution in [2.75, 3.05) is 6.61 Å². The normalized spacial score (nSPS) is 12.8. The molecule has 2 amide bonds. The van der Waals surface area contributed by atoms with Crippen molar-refractivity contribution in [1.82, 2.24) is 10.6 Å². The summed E-state index contributed by atoms with van der Waals surface area (Å²) in [6.45, 7) is 0.376. The Kier molecular flexibility index (Phi) is 8.02. The number of ether oxygens (including phenoxy) is 1. The summed E-state index contributed by atoms with van der Waals surface area (Å²) in [5, 5.41) is 14.4. The highest BCUT2D eigenvalue weighted by molar-refractivity contribution is 14.1. The summed E-state index contributed by atoms with van der Waals surface area (Å²) in [5.74, 6) is -1.62. The van der Waals surface area contributed by atoms with Crippen LogP contribution in [0.3, 0.4) is 0 Å². The van der Waals surface area contributed by atoms with Gasteiger partial charge < -0.3 is 20.5 Å². The number of hydrogen-bond donors (Lipinski definition) is 3. The Morgan fingerprint density at radius 2 is 1.51 bits per heavy atom. The van der Waals surface area contributed by atoms with Crippen LogP contribution in [0.1, 0.15) is 35.4 Å². The van der Waals surface area contributed by atoms with E-state index in [4.69, 9.17) is 9.84 Å². The van der Waals surface area contributed by atoms with Crippen molar-refractivity contribution in [3.8, 4) is 11.1 Å². The van der Waals surface area contributed by atoms with Crippen molar-refractivity contribution < 1.29 is 24.2 Å². The van der Waals surface area contributed by atoms with E-state index in [9.17, 15) is 14.4 Å². The average Bonchev–Trinajstić information content (AvgIpc) is 3.18. The maximum absolute atomic E-state index is 12.7. The molecule has 3 aromatic carbocycles. The maximum Gasteiger partial charge on any atom is 0.407 e. The number of carboxylic acid groups (broad SMARTS) is 1. The molecule has 180 valence electrons. The standard InChI is InChI=1S/C27H25IN2O5/c28-18-11-9-17(10-12-18)15-29-26(33)24(13-14-25(31)32)30-27(34)35-16-23-21-7-3-1-5-19(21)20-6-2-4-8-22(20)23/h1-12,23-24H,13-16H2,(H,29,33)(H,30,34)(H,31,32)/t24-/m0/s1. The van der Waals surface area contributed by atoms with Crippen LogP contribution in [-0.4, -0.2) is 35.7 Å². The number of amides is 2. The van der Waals surface area contributed by atoms with Crippen LogP contribution in [-0.2, 0) is 20.9 Å². The Morgan fingerprint density at radius 3 is 2.11 bits per heavy atom. The number of aliphatic carboxylic acids is 1. The highest BCUT2D eigenvalue weighted by Crippen LogP contribution is 2.44. The topological polar surface area (TPSA) is 105 Å². The third-order valence-corrected chi connectivity index (χ3v) is 6.70. The van der Waals surface area contributed by atoms with Crippen LogP contribution in [0, 0.1) is 3.57 Å². The Balaban J connectivity index is 1.38. The summed E-state index contributed by atoms with van der Waals surface area (Å²) >= 11 is 2.20. The van der Waals surface area contributed by atoms with Crippen LogP contribution in [0.25, 0.3) is 11.1 Å². The quantitative estimate of drug-likeness (QED) is 0.317. The fourth-order valence-corrected chi connectivity index (χ4v) is 4.59. The van der Waals surface area contributed by atoms with Gasteiger partial charge in [-0.25, -0.2) is 4.79 Å². The zero-order valence-electron chi connectivity index (χ0n) is 18.9. The summed E-state index contributed by atoms with van der Waals surface area (Å²) in [5.41, 5.74) is 5.30. The monoisotopic (exact) mass is 584 g/mol. The van der Waals surface area contributed by atoms with E-state index < -0.39 is 24.0 Å². The lowest BCUT2D eigenvalue weighted by Gasteiger charge is -2.19. The largest absolute Gasteiger partial charge is 0.481 e. The smallest absolute Gasteiger partial charge is 0.407 e. The van der Waals surface area contributed by atoms with Crippen molar-refractivity contribution in [3.63, 3.8) is 0 Å². The molecule has 0 saturated heterocycles. The molecule has 1 aliphatic rings. The third-order valence-electron chi connectivity index (χ3n) is 5.98. The lowest BCUT2D eigenvalue weighted by atomic mass is 9.98. The molecule has 0 aliphatic heterocycles. The minimum absolute atomic E-state index is 0.0436. The van der Waals surface area contributed by atoms with Gasteiger partial charge in [-0.15, -0.1) is 0 Å². The molecule has 0 heterocycles. The number of fused-ring (bicyclic) bond motifs is 3. The minimum atomic E-state index is -1.05. The Morgan fingerprint density at radius 1 is 0.914 bits per heavy atom. The van der Waals surface area contributed by atoms with Crippen molar-refractivity contribution in [3.05, 3.63) is 93.1 Å². The summed E-state index contributed by atoms with van der Waals surface area (Å²) in [7, 11) is 0.